The van der Waals surface area contributed by atoms with Crippen LogP contribution >= 0.6 is 0 Å². The van der Waals surface area contributed by atoms with Gasteiger partial charge in [-0.1, -0.05) is 5.16 Å². The third-order valence-corrected chi connectivity index (χ3v) is 5.38. The van der Waals surface area contributed by atoms with Crippen molar-refractivity contribution >= 4 is 11.6 Å². The molecule has 0 unspecified atom stereocenters. The van der Waals surface area contributed by atoms with Gasteiger partial charge in [0.05, 0.1) is 19.8 Å². The Morgan fingerprint density at radius 3 is 2.55 bits per heavy atom. The minimum atomic E-state index is -0.259. The molecule has 1 amide bonds. The van der Waals surface area contributed by atoms with Crippen LogP contribution in [0.1, 0.15) is 16.9 Å². The second-order valence-corrected chi connectivity index (χ2v) is 7.25. The maximum absolute atomic E-state index is 13.2. The van der Waals surface area contributed by atoms with Gasteiger partial charge in [0.15, 0.2) is 11.5 Å². The number of hydrogen-bond acceptors (Lipinski definition) is 6. The van der Waals surface area contributed by atoms with Crippen LogP contribution in [0.3, 0.4) is 0 Å². The Morgan fingerprint density at radius 1 is 1.00 bits per heavy atom. The van der Waals surface area contributed by atoms with Crippen molar-refractivity contribution < 1.29 is 23.2 Å². The van der Waals surface area contributed by atoms with E-state index in [2.05, 4.69) is 10.1 Å². The van der Waals surface area contributed by atoms with Gasteiger partial charge < -0.3 is 23.8 Å². The molecule has 162 valence electrons. The average Bonchev–Trinajstić information content (AvgIpc) is 3.17. The van der Waals surface area contributed by atoms with Crippen LogP contribution in [0.4, 0.5) is 10.1 Å². The maximum atomic E-state index is 13.2. The molecule has 0 saturated carbocycles. The van der Waals surface area contributed by atoms with Gasteiger partial charge >= 0.3 is 0 Å². The minimum Gasteiger partial charge on any atom is -0.497 e. The van der Waals surface area contributed by atoms with Gasteiger partial charge in [-0.05, 0) is 48.9 Å². The van der Waals surface area contributed by atoms with E-state index in [0.717, 1.165) is 18.7 Å². The summed E-state index contributed by atoms with van der Waals surface area (Å²) in [5.74, 6) is 1.23. The lowest BCUT2D eigenvalue weighted by molar-refractivity contribution is 0.0756. The first kappa shape index (κ1) is 20.7. The van der Waals surface area contributed by atoms with Crippen molar-refractivity contribution in [2.75, 3.05) is 45.3 Å². The van der Waals surface area contributed by atoms with Crippen LogP contribution in [-0.4, -0.2) is 56.4 Å². The molecule has 0 aliphatic carbocycles. The van der Waals surface area contributed by atoms with E-state index in [1.165, 1.54) is 12.1 Å². The largest absolute Gasteiger partial charge is 0.497 e. The van der Waals surface area contributed by atoms with Crippen molar-refractivity contribution in [3.8, 4) is 22.8 Å². The number of hydrogen-bond donors (Lipinski definition) is 0. The number of benzene rings is 2. The highest BCUT2D eigenvalue weighted by Gasteiger charge is 2.24. The zero-order valence-corrected chi connectivity index (χ0v) is 17.5. The van der Waals surface area contributed by atoms with Gasteiger partial charge in [0, 0.05) is 37.9 Å². The predicted molar refractivity (Wildman–Crippen MR) is 114 cm³/mol. The summed E-state index contributed by atoms with van der Waals surface area (Å²) in [4.78, 5) is 17.0. The summed E-state index contributed by atoms with van der Waals surface area (Å²) >= 11 is 0. The molecule has 7 nitrogen and oxygen atoms in total. The van der Waals surface area contributed by atoms with Crippen LogP contribution < -0.4 is 14.4 Å². The number of anilines is 1. The standard InChI is InChI=1S/C23H24FN3O4/c1-29-18-8-9-21(30-2)19(14-18)22-15-20(25-31-22)23(28)27-11-3-10-26(12-13-27)17-6-4-16(24)5-7-17/h4-9,14-15H,3,10-13H2,1-2H3. The summed E-state index contributed by atoms with van der Waals surface area (Å²) in [5, 5.41) is 4.00. The van der Waals surface area contributed by atoms with Crippen molar-refractivity contribution in [3.05, 3.63) is 60.0 Å². The molecule has 1 aliphatic heterocycles. The Labute approximate surface area is 179 Å². The molecule has 0 spiro atoms. The zero-order valence-electron chi connectivity index (χ0n) is 17.5. The molecule has 0 radical (unpaired) electrons. The number of carbonyl (C=O) groups excluding carboxylic acids is 1. The minimum absolute atomic E-state index is 0.183. The summed E-state index contributed by atoms with van der Waals surface area (Å²) in [6, 6.07) is 13.4. The fraction of sp³-hybridized carbons (Fsp3) is 0.304. The lowest BCUT2D eigenvalue weighted by atomic mass is 10.1. The summed E-state index contributed by atoms with van der Waals surface area (Å²) in [7, 11) is 3.15. The molecule has 0 atom stereocenters. The van der Waals surface area contributed by atoms with Crippen LogP contribution in [0.5, 0.6) is 11.5 Å². The summed E-state index contributed by atoms with van der Waals surface area (Å²) < 4.78 is 29.3. The van der Waals surface area contributed by atoms with Crippen molar-refractivity contribution in [2.45, 2.75) is 6.42 Å². The Morgan fingerprint density at radius 2 is 1.81 bits per heavy atom. The Kier molecular flexibility index (Phi) is 6.06. The second kappa shape index (κ2) is 9.07. The highest BCUT2D eigenvalue weighted by molar-refractivity contribution is 5.93. The summed E-state index contributed by atoms with van der Waals surface area (Å²) in [6.45, 7) is 2.61. The lowest BCUT2D eigenvalue weighted by Crippen LogP contribution is -2.35. The fourth-order valence-electron chi connectivity index (χ4n) is 3.70. The quantitative estimate of drug-likeness (QED) is 0.619. The number of aromatic nitrogens is 1. The molecule has 31 heavy (non-hydrogen) atoms. The average molecular weight is 425 g/mol. The van der Waals surface area contributed by atoms with Gasteiger partial charge in [0.1, 0.15) is 17.3 Å². The van der Waals surface area contributed by atoms with Gasteiger partial charge in [-0.3, -0.25) is 4.79 Å². The van der Waals surface area contributed by atoms with E-state index in [9.17, 15) is 9.18 Å². The van der Waals surface area contributed by atoms with Gasteiger partial charge in [-0.25, -0.2) is 4.39 Å². The first-order valence-corrected chi connectivity index (χ1v) is 10.1. The monoisotopic (exact) mass is 425 g/mol. The molecule has 2 heterocycles. The van der Waals surface area contributed by atoms with Crippen LogP contribution in [0.2, 0.25) is 0 Å². The molecule has 1 saturated heterocycles. The molecular formula is C23H24FN3O4. The second-order valence-electron chi connectivity index (χ2n) is 7.25. The SMILES string of the molecule is COc1ccc(OC)c(-c2cc(C(=O)N3CCCN(c4ccc(F)cc4)CC3)no2)c1. The molecular weight excluding hydrogens is 401 g/mol. The first-order valence-electron chi connectivity index (χ1n) is 10.1. The van der Waals surface area contributed by atoms with Crippen molar-refractivity contribution in [1.29, 1.82) is 0 Å². The van der Waals surface area contributed by atoms with E-state index in [4.69, 9.17) is 14.0 Å². The molecule has 0 N–H and O–H groups in total. The normalized spacial score (nSPS) is 14.3. The van der Waals surface area contributed by atoms with Gasteiger partial charge in [-0.2, -0.15) is 0 Å². The number of methoxy groups -OCH3 is 2. The fourth-order valence-corrected chi connectivity index (χ4v) is 3.70. The van der Waals surface area contributed by atoms with Crippen LogP contribution in [0.25, 0.3) is 11.3 Å². The third-order valence-electron chi connectivity index (χ3n) is 5.38. The zero-order chi connectivity index (χ0) is 21.8. The molecule has 1 aromatic heterocycles. The Hall–Kier alpha value is -3.55. The highest BCUT2D eigenvalue weighted by Crippen LogP contribution is 2.34. The van der Waals surface area contributed by atoms with E-state index in [-0.39, 0.29) is 17.4 Å². The maximum Gasteiger partial charge on any atom is 0.276 e. The number of rotatable bonds is 5. The molecule has 4 rings (SSSR count). The van der Waals surface area contributed by atoms with Gasteiger partial charge in [0.2, 0.25) is 0 Å². The smallest absolute Gasteiger partial charge is 0.276 e. The predicted octanol–water partition coefficient (Wildman–Crippen LogP) is 3.85. The van der Waals surface area contributed by atoms with E-state index in [0.29, 0.717) is 42.5 Å². The Balaban J connectivity index is 1.48. The van der Waals surface area contributed by atoms with Crippen molar-refractivity contribution in [2.24, 2.45) is 0 Å². The topological polar surface area (TPSA) is 68.0 Å². The molecule has 0 bridgehead atoms. The number of ether oxygens (including phenoxy) is 2. The van der Waals surface area contributed by atoms with E-state index >= 15 is 0 Å². The van der Waals surface area contributed by atoms with E-state index in [1.807, 2.05) is 0 Å². The molecule has 1 aliphatic rings. The highest BCUT2D eigenvalue weighted by atomic mass is 19.1. The first-order chi connectivity index (χ1) is 15.1. The van der Waals surface area contributed by atoms with Gasteiger partial charge in [-0.15, -0.1) is 0 Å². The van der Waals surface area contributed by atoms with Crippen LogP contribution in [0.15, 0.2) is 53.1 Å². The van der Waals surface area contributed by atoms with Crippen molar-refractivity contribution in [1.82, 2.24) is 10.1 Å². The molecule has 8 heteroatoms. The third kappa shape index (κ3) is 4.47. The lowest BCUT2D eigenvalue weighted by Gasteiger charge is -2.23. The van der Waals surface area contributed by atoms with Crippen LogP contribution in [-0.2, 0) is 0 Å². The van der Waals surface area contributed by atoms with Gasteiger partial charge in [0.25, 0.3) is 5.91 Å². The van der Waals surface area contributed by atoms with E-state index in [1.54, 1.807) is 55.5 Å². The summed E-state index contributed by atoms with van der Waals surface area (Å²) in [6.07, 6.45) is 0.803. The number of carbonyl (C=O) groups is 1. The molecule has 2 aromatic carbocycles. The summed E-state index contributed by atoms with van der Waals surface area (Å²) in [5.41, 5.74) is 1.85. The number of nitrogens with zero attached hydrogens (tertiary/aromatic N) is 3. The number of amides is 1. The Bertz CT molecular complexity index is 1050. The molecule has 1 fully saturated rings. The number of halogens is 1. The van der Waals surface area contributed by atoms with Crippen LogP contribution in [0, 0.1) is 5.82 Å². The van der Waals surface area contributed by atoms with Crippen molar-refractivity contribution in [3.63, 3.8) is 0 Å². The molecule has 3 aromatic rings. The van der Waals surface area contributed by atoms with E-state index < -0.39 is 0 Å².